The van der Waals surface area contributed by atoms with Crippen molar-refractivity contribution in [3.8, 4) is 11.5 Å². The van der Waals surface area contributed by atoms with Gasteiger partial charge < -0.3 is 9.84 Å². The van der Waals surface area contributed by atoms with Gasteiger partial charge >= 0.3 is 5.97 Å². The summed E-state index contributed by atoms with van der Waals surface area (Å²) in [5.74, 6) is -0.928. The van der Waals surface area contributed by atoms with Gasteiger partial charge in [0.25, 0.3) is 0 Å². The molecule has 1 heterocycles. The average Bonchev–Trinajstić information content (AvgIpc) is 2.34. The Bertz CT molecular complexity index is 586. The van der Waals surface area contributed by atoms with Crippen molar-refractivity contribution in [2.24, 2.45) is 0 Å². The zero-order chi connectivity index (χ0) is 13.1. The maximum Gasteiger partial charge on any atom is 0.354 e. The van der Waals surface area contributed by atoms with E-state index in [4.69, 9.17) is 9.84 Å². The molecular formula is C12H7BrFNO3. The highest BCUT2D eigenvalue weighted by Gasteiger charge is 2.07. The number of pyridine rings is 1. The molecule has 2 aromatic rings. The molecule has 4 nitrogen and oxygen atoms in total. The third kappa shape index (κ3) is 2.84. The van der Waals surface area contributed by atoms with E-state index in [2.05, 4.69) is 20.9 Å². The molecule has 1 aromatic carbocycles. The van der Waals surface area contributed by atoms with Crippen molar-refractivity contribution in [2.75, 3.05) is 0 Å². The Hall–Kier alpha value is -1.95. The largest absolute Gasteiger partial charge is 0.477 e. The van der Waals surface area contributed by atoms with Gasteiger partial charge in [0, 0.05) is 6.07 Å². The number of halogens is 2. The van der Waals surface area contributed by atoms with Crippen LogP contribution in [0.5, 0.6) is 11.5 Å². The zero-order valence-electron chi connectivity index (χ0n) is 8.93. The van der Waals surface area contributed by atoms with Gasteiger partial charge in [-0.05, 0) is 40.2 Å². The van der Waals surface area contributed by atoms with E-state index in [-0.39, 0.29) is 5.69 Å². The van der Waals surface area contributed by atoms with Gasteiger partial charge in [0.15, 0.2) is 0 Å². The van der Waals surface area contributed by atoms with Gasteiger partial charge in [0.05, 0.1) is 10.7 Å². The van der Waals surface area contributed by atoms with Crippen LogP contribution in [0.25, 0.3) is 0 Å². The summed E-state index contributed by atoms with van der Waals surface area (Å²) in [6, 6.07) is 6.79. The van der Waals surface area contributed by atoms with Crippen LogP contribution < -0.4 is 4.74 Å². The normalized spacial score (nSPS) is 10.1. The molecule has 6 heteroatoms. The molecule has 0 radical (unpaired) electrons. The van der Waals surface area contributed by atoms with E-state index in [9.17, 15) is 9.18 Å². The molecule has 1 aromatic heterocycles. The first-order chi connectivity index (χ1) is 8.56. The van der Waals surface area contributed by atoms with Crippen molar-refractivity contribution in [3.63, 3.8) is 0 Å². The fourth-order valence-electron chi connectivity index (χ4n) is 1.25. The molecule has 0 bridgehead atoms. The van der Waals surface area contributed by atoms with Crippen molar-refractivity contribution in [3.05, 3.63) is 52.5 Å². The number of aromatic nitrogens is 1. The van der Waals surface area contributed by atoms with Gasteiger partial charge in [0.1, 0.15) is 23.0 Å². The van der Waals surface area contributed by atoms with E-state index < -0.39 is 11.8 Å². The predicted octanol–water partition coefficient (Wildman–Crippen LogP) is 3.47. The third-order valence-electron chi connectivity index (χ3n) is 2.08. The first-order valence-corrected chi connectivity index (χ1v) is 5.68. The lowest BCUT2D eigenvalue weighted by Gasteiger charge is -2.07. The fourth-order valence-corrected chi connectivity index (χ4v) is 1.58. The molecule has 0 fully saturated rings. The SMILES string of the molecule is O=C(O)c1ccc(Oc2cc(F)ccc2Br)cn1. The maximum absolute atomic E-state index is 13.0. The zero-order valence-corrected chi connectivity index (χ0v) is 10.5. The molecule has 2 rings (SSSR count). The summed E-state index contributed by atoms with van der Waals surface area (Å²) >= 11 is 3.22. The lowest BCUT2D eigenvalue weighted by molar-refractivity contribution is 0.0690. The molecule has 0 saturated heterocycles. The highest BCUT2D eigenvalue weighted by Crippen LogP contribution is 2.29. The van der Waals surface area contributed by atoms with E-state index in [1.807, 2.05) is 0 Å². The molecule has 0 aliphatic heterocycles. The summed E-state index contributed by atoms with van der Waals surface area (Å²) in [4.78, 5) is 14.3. The van der Waals surface area contributed by atoms with Crippen LogP contribution in [0.15, 0.2) is 41.0 Å². The number of carboxylic acid groups (broad SMARTS) is 1. The second kappa shape index (κ2) is 5.14. The molecule has 0 amide bonds. The average molecular weight is 312 g/mol. The van der Waals surface area contributed by atoms with Gasteiger partial charge in [0.2, 0.25) is 0 Å². The Morgan fingerprint density at radius 1 is 1.33 bits per heavy atom. The fraction of sp³-hybridized carbons (Fsp3) is 0. The number of hydrogen-bond acceptors (Lipinski definition) is 3. The predicted molar refractivity (Wildman–Crippen MR) is 65.4 cm³/mol. The Labute approximate surface area is 110 Å². The number of rotatable bonds is 3. The van der Waals surface area contributed by atoms with Crippen LogP contribution in [0.3, 0.4) is 0 Å². The molecule has 92 valence electrons. The van der Waals surface area contributed by atoms with Crippen molar-refractivity contribution in [1.29, 1.82) is 0 Å². The Morgan fingerprint density at radius 3 is 2.72 bits per heavy atom. The number of carbonyl (C=O) groups is 1. The van der Waals surface area contributed by atoms with E-state index >= 15 is 0 Å². The van der Waals surface area contributed by atoms with E-state index in [1.165, 1.54) is 36.5 Å². The van der Waals surface area contributed by atoms with E-state index in [1.54, 1.807) is 0 Å². The smallest absolute Gasteiger partial charge is 0.354 e. The number of nitrogens with zero attached hydrogens (tertiary/aromatic N) is 1. The van der Waals surface area contributed by atoms with Crippen molar-refractivity contribution < 1.29 is 19.0 Å². The van der Waals surface area contributed by atoms with Crippen LogP contribution in [0.4, 0.5) is 4.39 Å². The van der Waals surface area contributed by atoms with Crippen LogP contribution in [0.2, 0.25) is 0 Å². The molecular weight excluding hydrogens is 305 g/mol. The minimum absolute atomic E-state index is 0.0827. The summed E-state index contributed by atoms with van der Waals surface area (Å²) < 4.78 is 19.0. The van der Waals surface area contributed by atoms with Crippen LogP contribution in [-0.2, 0) is 0 Å². The lowest BCUT2D eigenvalue weighted by Crippen LogP contribution is -1.99. The standard InChI is InChI=1S/C12H7BrFNO3/c13-9-3-1-7(14)5-11(9)18-8-2-4-10(12(16)17)15-6-8/h1-6H,(H,16,17). The van der Waals surface area contributed by atoms with Crippen LogP contribution in [0, 0.1) is 5.82 Å². The highest BCUT2D eigenvalue weighted by atomic mass is 79.9. The molecule has 0 aliphatic carbocycles. The first-order valence-electron chi connectivity index (χ1n) is 4.88. The minimum Gasteiger partial charge on any atom is -0.477 e. The molecule has 0 atom stereocenters. The van der Waals surface area contributed by atoms with Crippen LogP contribution in [-0.4, -0.2) is 16.1 Å². The van der Waals surface area contributed by atoms with Crippen molar-refractivity contribution in [1.82, 2.24) is 4.98 Å². The molecule has 18 heavy (non-hydrogen) atoms. The summed E-state index contributed by atoms with van der Waals surface area (Å²) in [6.07, 6.45) is 1.26. The summed E-state index contributed by atoms with van der Waals surface area (Å²) in [7, 11) is 0. The van der Waals surface area contributed by atoms with Crippen molar-refractivity contribution >= 4 is 21.9 Å². The van der Waals surface area contributed by atoms with Gasteiger partial charge in [-0.2, -0.15) is 0 Å². The number of ether oxygens (including phenoxy) is 1. The molecule has 0 spiro atoms. The monoisotopic (exact) mass is 311 g/mol. The third-order valence-corrected chi connectivity index (χ3v) is 2.73. The van der Waals surface area contributed by atoms with Gasteiger partial charge in [-0.15, -0.1) is 0 Å². The number of benzene rings is 1. The van der Waals surface area contributed by atoms with Gasteiger partial charge in [-0.25, -0.2) is 14.2 Å². The second-order valence-corrected chi connectivity index (χ2v) is 4.22. The number of hydrogen-bond donors (Lipinski definition) is 1. The van der Waals surface area contributed by atoms with E-state index in [0.29, 0.717) is 16.0 Å². The molecule has 0 saturated carbocycles. The van der Waals surface area contributed by atoms with Gasteiger partial charge in [-0.1, -0.05) is 0 Å². The van der Waals surface area contributed by atoms with E-state index in [0.717, 1.165) is 0 Å². The number of aromatic carboxylic acids is 1. The maximum atomic E-state index is 13.0. The van der Waals surface area contributed by atoms with Gasteiger partial charge in [-0.3, -0.25) is 0 Å². The topological polar surface area (TPSA) is 59.4 Å². The molecule has 1 N–H and O–H groups in total. The Morgan fingerprint density at radius 2 is 2.11 bits per heavy atom. The summed E-state index contributed by atoms with van der Waals surface area (Å²) in [6.45, 7) is 0. The Kier molecular flexibility index (Phi) is 3.57. The minimum atomic E-state index is -1.12. The lowest BCUT2D eigenvalue weighted by atomic mass is 10.3. The summed E-state index contributed by atoms with van der Waals surface area (Å²) in [5, 5.41) is 8.69. The quantitative estimate of drug-likeness (QED) is 0.943. The number of carboxylic acids is 1. The molecule has 0 unspecified atom stereocenters. The summed E-state index contributed by atoms with van der Waals surface area (Å²) in [5.41, 5.74) is -0.0827. The first kappa shape index (κ1) is 12.5. The highest BCUT2D eigenvalue weighted by molar-refractivity contribution is 9.10. The van der Waals surface area contributed by atoms with Crippen LogP contribution in [0.1, 0.15) is 10.5 Å². The second-order valence-electron chi connectivity index (χ2n) is 3.36. The Balaban J connectivity index is 2.23. The molecule has 0 aliphatic rings. The van der Waals surface area contributed by atoms with Crippen LogP contribution >= 0.6 is 15.9 Å². The van der Waals surface area contributed by atoms with Crippen molar-refractivity contribution in [2.45, 2.75) is 0 Å².